The van der Waals surface area contributed by atoms with Crippen LogP contribution in [0.3, 0.4) is 0 Å². The molecule has 0 saturated carbocycles. The van der Waals surface area contributed by atoms with Crippen LogP contribution in [0.5, 0.6) is 0 Å². The zero-order valence-electron chi connectivity index (χ0n) is 11.0. The van der Waals surface area contributed by atoms with Crippen molar-refractivity contribution in [1.82, 2.24) is 0 Å². The van der Waals surface area contributed by atoms with Crippen LogP contribution >= 0.6 is 0 Å². The molecule has 1 aromatic rings. The van der Waals surface area contributed by atoms with Gasteiger partial charge in [-0.3, -0.25) is 4.18 Å². The summed E-state index contributed by atoms with van der Waals surface area (Å²) in [6.07, 6.45) is -7.19. The third-order valence-electron chi connectivity index (χ3n) is 2.58. The van der Waals surface area contributed by atoms with Gasteiger partial charge in [0, 0.05) is 13.5 Å². The number of halogens is 3. The first-order valence-corrected chi connectivity index (χ1v) is 7.13. The lowest BCUT2D eigenvalue weighted by Crippen LogP contribution is -2.32. The molecule has 0 N–H and O–H groups in total. The molecule has 1 rings (SSSR count). The molecule has 0 amide bonds. The summed E-state index contributed by atoms with van der Waals surface area (Å²) >= 11 is 0. The maximum Gasteiger partial charge on any atom is 0.414 e. The van der Waals surface area contributed by atoms with Gasteiger partial charge in [0.25, 0.3) is 10.1 Å². The number of methoxy groups -OCH3 is 1. The molecule has 114 valence electrons. The van der Waals surface area contributed by atoms with E-state index in [9.17, 15) is 21.6 Å². The largest absolute Gasteiger partial charge is 0.414 e. The van der Waals surface area contributed by atoms with Crippen molar-refractivity contribution in [3.63, 3.8) is 0 Å². The van der Waals surface area contributed by atoms with E-state index in [-0.39, 0.29) is 4.90 Å². The molecule has 4 nitrogen and oxygen atoms in total. The van der Waals surface area contributed by atoms with Gasteiger partial charge in [-0.05, 0) is 19.1 Å². The van der Waals surface area contributed by atoms with E-state index in [0.717, 1.165) is 12.7 Å². The number of hydrogen-bond acceptors (Lipinski definition) is 4. The van der Waals surface area contributed by atoms with Gasteiger partial charge in [-0.1, -0.05) is 17.7 Å². The lowest BCUT2D eigenvalue weighted by molar-refractivity contribution is -0.215. The molecule has 0 fully saturated rings. The molecule has 0 aliphatic rings. The predicted octanol–water partition coefficient (Wildman–Crippen LogP) is 2.67. The van der Waals surface area contributed by atoms with Crippen LogP contribution in [0, 0.1) is 6.92 Å². The monoisotopic (exact) mass is 312 g/mol. The fourth-order valence-corrected chi connectivity index (χ4v) is 2.37. The SMILES string of the molecule is CO[C@H](CCOS(=O)(=O)c1ccc(C)cc1)C(F)(F)F. The second kappa shape index (κ2) is 6.55. The summed E-state index contributed by atoms with van der Waals surface area (Å²) in [5, 5.41) is 0. The van der Waals surface area contributed by atoms with Gasteiger partial charge < -0.3 is 4.74 Å². The number of alkyl halides is 3. The normalized spacial score (nSPS) is 14.2. The molecule has 0 bridgehead atoms. The summed E-state index contributed by atoms with van der Waals surface area (Å²) < 4.78 is 69.4. The molecule has 0 radical (unpaired) electrons. The molecule has 1 aromatic carbocycles. The Kier molecular flexibility index (Phi) is 5.55. The van der Waals surface area contributed by atoms with Crippen LogP contribution in [-0.2, 0) is 19.0 Å². The Hall–Kier alpha value is -1.12. The Morgan fingerprint density at radius 2 is 1.75 bits per heavy atom. The first kappa shape index (κ1) is 16.9. The highest BCUT2D eigenvalue weighted by molar-refractivity contribution is 7.86. The van der Waals surface area contributed by atoms with Gasteiger partial charge in [0.05, 0.1) is 11.5 Å². The van der Waals surface area contributed by atoms with Crippen molar-refractivity contribution < 1.29 is 30.5 Å². The van der Waals surface area contributed by atoms with Gasteiger partial charge in [0.1, 0.15) is 0 Å². The Balaban J connectivity index is 2.62. The molecule has 0 aliphatic carbocycles. The average Bonchev–Trinajstić information content (AvgIpc) is 2.33. The van der Waals surface area contributed by atoms with Crippen LogP contribution in [0.2, 0.25) is 0 Å². The van der Waals surface area contributed by atoms with E-state index in [4.69, 9.17) is 0 Å². The van der Waals surface area contributed by atoms with E-state index in [0.29, 0.717) is 0 Å². The van der Waals surface area contributed by atoms with Crippen molar-refractivity contribution in [2.45, 2.75) is 30.5 Å². The number of ether oxygens (including phenoxy) is 1. The lowest BCUT2D eigenvalue weighted by atomic mass is 10.2. The zero-order chi connectivity index (χ0) is 15.4. The molecule has 0 heterocycles. The van der Waals surface area contributed by atoms with E-state index >= 15 is 0 Å². The maximum absolute atomic E-state index is 12.4. The second-order valence-corrected chi connectivity index (χ2v) is 5.76. The van der Waals surface area contributed by atoms with Crippen LogP contribution in [0.1, 0.15) is 12.0 Å². The molecule has 0 saturated heterocycles. The average molecular weight is 312 g/mol. The summed E-state index contributed by atoms with van der Waals surface area (Å²) in [6, 6.07) is 5.82. The maximum atomic E-state index is 12.4. The quantitative estimate of drug-likeness (QED) is 0.758. The molecular formula is C12H15F3O4S. The first-order chi connectivity index (χ1) is 9.16. The van der Waals surface area contributed by atoms with Crippen LogP contribution in [0.15, 0.2) is 29.2 Å². The fourth-order valence-electron chi connectivity index (χ4n) is 1.45. The van der Waals surface area contributed by atoms with Crippen molar-refractivity contribution in [2.24, 2.45) is 0 Å². The second-order valence-electron chi connectivity index (χ2n) is 4.14. The molecule has 0 spiro atoms. The molecular weight excluding hydrogens is 297 g/mol. The minimum absolute atomic E-state index is 0.0934. The molecule has 8 heteroatoms. The van der Waals surface area contributed by atoms with Crippen molar-refractivity contribution in [3.8, 4) is 0 Å². The number of hydrogen-bond donors (Lipinski definition) is 0. The van der Waals surface area contributed by atoms with E-state index in [2.05, 4.69) is 8.92 Å². The van der Waals surface area contributed by atoms with E-state index in [1.165, 1.54) is 12.1 Å². The van der Waals surface area contributed by atoms with E-state index < -0.39 is 35.4 Å². The summed E-state index contributed by atoms with van der Waals surface area (Å²) in [6.45, 7) is 1.18. The van der Waals surface area contributed by atoms with Crippen LogP contribution < -0.4 is 0 Å². The van der Waals surface area contributed by atoms with Crippen LogP contribution in [-0.4, -0.2) is 34.4 Å². The van der Waals surface area contributed by atoms with Gasteiger partial charge in [0.15, 0.2) is 6.10 Å². The van der Waals surface area contributed by atoms with Crippen molar-refractivity contribution in [3.05, 3.63) is 29.8 Å². The molecule has 20 heavy (non-hydrogen) atoms. The summed E-state index contributed by atoms with van der Waals surface area (Å²) in [5.74, 6) is 0. The number of benzene rings is 1. The third-order valence-corrected chi connectivity index (χ3v) is 3.90. The third kappa shape index (κ3) is 4.77. The smallest absolute Gasteiger partial charge is 0.372 e. The molecule has 0 aromatic heterocycles. The highest BCUT2D eigenvalue weighted by atomic mass is 32.2. The van der Waals surface area contributed by atoms with Crippen molar-refractivity contribution in [1.29, 1.82) is 0 Å². The van der Waals surface area contributed by atoms with Crippen molar-refractivity contribution >= 4 is 10.1 Å². The van der Waals surface area contributed by atoms with E-state index in [1.54, 1.807) is 19.1 Å². The van der Waals surface area contributed by atoms with Gasteiger partial charge in [-0.15, -0.1) is 0 Å². The summed E-state index contributed by atoms with van der Waals surface area (Å²) in [7, 11) is -3.14. The van der Waals surface area contributed by atoms with Crippen molar-refractivity contribution in [2.75, 3.05) is 13.7 Å². The minimum atomic E-state index is -4.55. The highest BCUT2D eigenvalue weighted by Crippen LogP contribution is 2.25. The zero-order valence-corrected chi connectivity index (χ0v) is 11.8. The Morgan fingerprint density at radius 3 is 2.20 bits per heavy atom. The van der Waals surface area contributed by atoms with Gasteiger partial charge >= 0.3 is 6.18 Å². The number of rotatable bonds is 6. The standard InChI is InChI=1S/C12H15F3O4S/c1-9-3-5-10(6-4-9)20(16,17)19-8-7-11(18-2)12(13,14)15/h3-6,11H,7-8H2,1-2H3/t11-/m1/s1. The lowest BCUT2D eigenvalue weighted by Gasteiger charge is -2.18. The Bertz CT molecular complexity index is 523. The highest BCUT2D eigenvalue weighted by Gasteiger charge is 2.39. The van der Waals surface area contributed by atoms with Crippen LogP contribution in [0.25, 0.3) is 0 Å². The topological polar surface area (TPSA) is 52.6 Å². The minimum Gasteiger partial charge on any atom is -0.372 e. The van der Waals surface area contributed by atoms with Gasteiger partial charge in [-0.25, -0.2) is 0 Å². The van der Waals surface area contributed by atoms with Gasteiger partial charge in [-0.2, -0.15) is 21.6 Å². The summed E-state index contributed by atoms with van der Waals surface area (Å²) in [5.41, 5.74) is 0.862. The summed E-state index contributed by atoms with van der Waals surface area (Å²) in [4.78, 5) is -0.0934. The number of aryl methyl sites for hydroxylation is 1. The molecule has 0 unspecified atom stereocenters. The first-order valence-electron chi connectivity index (χ1n) is 5.72. The van der Waals surface area contributed by atoms with Gasteiger partial charge in [0.2, 0.25) is 0 Å². The molecule has 0 aliphatic heterocycles. The van der Waals surface area contributed by atoms with Crippen LogP contribution in [0.4, 0.5) is 13.2 Å². The fraction of sp³-hybridized carbons (Fsp3) is 0.500. The predicted molar refractivity (Wildman–Crippen MR) is 65.8 cm³/mol. The van der Waals surface area contributed by atoms with E-state index in [1.807, 2.05) is 0 Å². The molecule has 1 atom stereocenters. The Labute approximate surface area is 115 Å². The Morgan fingerprint density at radius 1 is 1.20 bits per heavy atom.